The molecule has 0 atom stereocenters. The summed E-state index contributed by atoms with van der Waals surface area (Å²) in [6.07, 6.45) is 0.296. The first-order valence-corrected chi connectivity index (χ1v) is 5.33. The molecular weight excluding hydrogens is 226 g/mol. The molecule has 6 nitrogen and oxygen atoms in total. The van der Waals surface area contributed by atoms with Gasteiger partial charge in [-0.15, -0.1) is 0 Å². The van der Waals surface area contributed by atoms with Gasteiger partial charge in [-0.2, -0.15) is 0 Å². The van der Waals surface area contributed by atoms with E-state index in [1.807, 2.05) is 0 Å². The van der Waals surface area contributed by atoms with Crippen molar-refractivity contribution >= 4 is 5.69 Å². The number of benzene rings is 1. The number of non-ortho nitro benzene ring substituents is 1. The smallest absolute Gasteiger partial charge is 0.269 e. The molecule has 1 saturated heterocycles. The fourth-order valence-corrected chi connectivity index (χ4v) is 1.74. The van der Waals surface area contributed by atoms with Gasteiger partial charge in [0.15, 0.2) is 6.29 Å². The van der Waals surface area contributed by atoms with Crippen LogP contribution in [0.1, 0.15) is 23.8 Å². The average Bonchev–Trinajstić information content (AvgIpc) is 2.39. The Morgan fingerprint density at radius 3 is 2.71 bits per heavy atom. The monoisotopic (exact) mass is 239 g/mol. The van der Waals surface area contributed by atoms with Gasteiger partial charge in [0, 0.05) is 17.7 Å². The summed E-state index contributed by atoms with van der Waals surface area (Å²) in [5.74, 6) is 0. The van der Waals surface area contributed by atoms with Gasteiger partial charge in [-0.1, -0.05) is 0 Å². The molecule has 1 fully saturated rings. The third-order valence-corrected chi connectivity index (χ3v) is 2.59. The van der Waals surface area contributed by atoms with E-state index in [2.05, 4.69) is 0 Å². The van der Waals surface area contributed by atoms with Gasteiger partial charge < -0.3 is 14.6 Å². The second kappa shape index (κ2) is 5.22. The molecule has 0 spiro atoms. The first-order chi connectivity index (χ1) is 8.22. The van der Waals surface area contributed by atoms with Crippen molar-refractivity contribution in [2.24, 2.45) is 0 Å². The van der Waals surface area contributed by atoms with Crippen LogP contribution in [0.25, 0.3) is 0 Å². The van der Waals surface area contributed by atoms with Crippen molar-refractivity contribution in [1.29, 1.82) is 0 Å². The Labute approximate surface area is 97.9 Å². The number of hydrogen-bond acceptors (Lipinski definition) is 5. The number of nitrogens with zero attached hydrogens (tertiary/aromatic N) is 1. The summed E-state index contributed by atoms with van der Waals surface area (Å²) < 4.78 is 10.8. The number of hydrogen-bond donors (Lipinski definition) is 1. The minimum Gasteiger partial charge on any atom is -0.392 e. The van der Waals surface area contributed by atoms with Crippen LogP contribution < -0.4 is 0 Å². The quantitative estimate of drug-likeness (QED) is 0.638. The van der Waals surface area contributed by atoms with Crippen LogP contribution in [-0.2, 0) is 16.1 Å². The predicted octanol–water partition coefficient (Wildman–Crippen LogP) is 1.52. The normalized spacial score (nSPS) is 17.0. The van der Waals surface area contributed by atoms with E-state index in [0.717, 1.165) is 6.42 Å². The van der Waals surface area contributed by atoms with Crippen molar-refractivity contribution in [2.45, 2.75) is 19.3 Å². The Bertz CT molecular complexity index is 414. The zero-order valence-corrected chi connectivity index (χ0v) is 9.17. The van der Waals surface area contributed by atoms with Gasteiger partial charge in [0.05, 0.1) is 24.7 Å². The molecule has 1 heterocycles. The third-order valence-electron chi connectivity index (χ3n) is 2.59. The SMILES string of the molecule is O=[N+]([O-])c1ccc(C2OCCCO2)c(CO)c1. The molecule has 92 valence electrons. The highest BCUT2D eigenvalue weighted by Gasteiger charge is 2.21. The molecule has 2 rings (SSSR count). The second-order valence-corrected chi connectivity index (χ2v) is 3.73. The van der Waals surface area contributed by atoms with Gasteiger partial charge in [-0.25, -0.2) is 0 Å². The number of ether oxygens (including phenoxy) is 2. The van der Waals surface area contributed by atoms with Crippen molar-refractivity contribution < 1.29 is 19.5 Å². The fourth-order valence-electron chi connectivity index (χ4n) is 1.74. The highest BCUT2D eigenvalue weighted by atomic mass is 16.7. The summed E-state index contributed by atoms with van der Waals surface area (Å²) in [6, 6.07) is 4.30. The molecule has 0 amide bonds. The maximum Gasteiger partial charge on any atom is 0.269 e. The van der Waals surface area contributed by atoms with Gasteiger partial charge >= 0.3 is 0 Å². The van der Waals surface area contributed by atoms with Gasteiger partial charge in [0.2, 0.25) is 0 Å². The number of rotatable bonds is 3. The Balaban J connectivity index is 2.29. The van der Waals surface area contributed by atoms with E-state index in [1.54, 1.807) is 6.07 Å². The molecule has 1 aromatic carbocycles. The lowest BCUT2D eigenvalue weighted by Gasteiger charge is -2.24. The molecule has 0 unspecified atom stereocenters. The lowest BCUT2D eigenvalue weighted by Crippen LogP contribution is -2.19. The average molecular weight is 239 g/mol. The van der Waals surface area contributed by atoms with Crippen LogP contribution in [0.4, 0.5) is 5.69 Å². The van der Waals surface area contributed by atoms with Gasteiger partial charge in [-0.3, -0.25) is 10.1 Å². The van der Waals surface area contributed by atoms with Crippen LogP contribution in [0.2, 0.25) is 0 Å². The number of aliphatic hydroxyl groups excluding tert-OH is 1. The molecule has 1 aliphatic heterocycles. The largest absolute Gasteiger partial charge is 0.392 e. The second-order valence-electron chi connectivity index (χ2n) is 3.73. The Kier molecular flexibility index (Phi) is 3.68. The summed E-state index contributed by atoms with van der Waals surface area (Å²) in [6.45, 7) is 0.902. The third kappa shape index (κ3) is 2.60. The van der Waals surface area contributed by atoms with E-state index < -0.39 is 11.2 Å². The Hall–Kier alpha value is -1.50. The topological polar surface area (TPSA) is 81.8 Å². The van der Waals surface area contributed by atoms with Crippen molar-refractivity contribution in [3.63, 3.8) is 0 Å². The van der Waals surface area contributed by atoms with Crippen LogP contribution in [0.3, 0.4) is 0 Å². The standard InChI is InChI=1S/C11H13NO5/c13-7-8-6-9(12(14)15)2-3-10(8)11-16-4-1-5-17-11/h2-3,6,11,13H,1,4-5,7H2. The molecule has 0 aliphatic carbocycles. The summed E-state index contributed by atoms with van der Waals surface area (Å²) in [4.78, 5) is 10.1. The molecule has 17 heavy (non-hydrogen) atoms. The van der Waals surface area contributed by atoms with Crippen molar-refractivity contribution in [3.05, 3.63) is 39.4 Å². The number of nitro benzene ring substituents is 1. The fraction of sp³-hybridized carbons (Fsp3) is 0.455. The van der Waals surface area contributed by atoms with E-state index in [-0.39, 0.29) is 12.3 Å². The number of nitro groups is 1. The van der Waals surface area contributed by atoms with Gasteiger partial charge in [0.25, 0.3) is 5.69 Å². The molecule has 0 aromatic heterocycles. The summed E-state index contributed by atoms with van der Waals surface area (Å²) in [5, 5.41) is 19.8. The van der Waals surface area contributed by atoms with Crippen LogP contribution in [0.5, 0.6) is 0 Å². The Morgan fingerprint density at radius 2 is 2.12 bits per heavy atom. The van der Waals surface area contributed by atoms with Crippen LogP contribution in [-0.4, -0.2) is 23.2 Å². The van der Waals surface area contributed by atoms with Gasteiger partial charge in [-0.05, 0) is 18.1 Å². The molecule has 0 radical (unpaired) electrons. The summed E-state index contributed by atoms with van der Waals surface area (Å²) in [7, 11) is 0. The number of aliphatic hydroxyl groups is 1. The minimum atomic E-state index is -0.535. The lowest BCUT2D eigenvalue weighted by atomic mass is 10.1. The first kappa shape index (κ1) is 12.0. The van der Waals surface area contributed by atoms with E-state index in [4.69, 9.17) is 9.47 Å². The first-order valence-electron chi connectivity index (χ1n) is 5.33. The minimum absolute atomic E-state index is 0.0476. The summed E-state index contributed by atoms with van der Waals surface area (Å²) >= 11 is 0. The predicted molar refractivity (Wildman–Crippen MR) is 58.3 cm³/mol. The molecular formula is C11H13NO5. The Morgan fingerprint density at radius 1 is 1.41 bits per heavy atom. The molecule has 1 N–H and O–H groups in total. The van der Waals surface area contributed by atoms with E-state index >= 15 is 0 Å². The molecule has 6 heteroatoms. The zero-order valence-electron chi connectivity index (χ0n) is 9.17. The highest BCUT2D eigenvalue weighted by Crippen LogP contribution is 2.28. The highest BCUT2D eigenvalue weighted by molar-refractivity contribution is 5.40. The van der Waals surface area contributed by atoms with E-state index in [0.29, 0.717) is 24.3 Å². The van der Waals surface area contributed by atoms with Crippen LogP contribution >= 0.6 is 0 Å². The van der Waals surface area contributed by atoms with Crippen molar-refractivity contribution in [2.75, 3.05) is 13.2 Å². The maximum atomic E-state index is 10.6. The van der Waals surface area contributed by atoms with Crippen LogP contribution in [0.15, 0.2) is 18.2 Å². The summed E-state index contributed by atoms with van der Waals surface area (Å²) in [5.41, 5.74) is 1.07. The van der Waals surface area contributed by atoms with Crippen molar-refractivity contribution in [3.8, 4) is 0 Å². The molecule has 1 aliphatic rings. The molecule has 1 aromatic rings. The van der Waals surface area contributed by atoms with E-state index in [1.165, 1.54) is 12.1 Å². The molecule has 0 saturated carbocycles. The van der Waals surface area contributed by atoms with Crippen LogP contribution in [0, 0.1) is 10.1 Å². The molecule has 0 bridgehead atoms. The van der Waals surface area contributed by atoms with E-state index in [9.17, 15) is 15.2 Å². The van der Waals surface area contributed by atoms with Crippen molar-refractivity contribution in [1.82, 2.24) is 0 Å². The lowest BCUT2D eigenvalue weighted by molar-refractivity contribution is -0.385. The maximum absolute atomic E-state index is 10.6. The van der Waals surface area contributed by atoms with Gasteiger partial charge in [0.1, 0.15) is 0 Å². The zero-order chi connectivity index (χ0) is 12.3.